The first-order valence-corrected chi connectivity index (χ1v) is 6.77. The highest BCUT2D eigenvalue weighted by Crippen LogP contribution is 2.18. The molecule has 0 saturated heterocycles. The molecule has 18 heavy (non-hydrogen) atoms. The van der Waals surface area contributed by atoms with E-state index in [9.17, 15) is 5.11 Å². The van der Waals surface area contributed by atoms with Gasteiger partial charge in [0.15, 0.2) is 0 Å². The molecular weight excluding hydrogens is 226 g/mol. The van der Waals surface area contributed by atoms with Crippen LogP contribution in [0.4, 0.5) is 0 Å². The Bertz CT molecular complexity index is 375. The van der Waals surface area contributed by atoms with Crippen LogP contribution in [0.15, 0.2) is 23.4 Å². The molecule has 0 aliphatic heterocycles. The lowest BCUT2D eigenvalue weighted by atomic mass is 10.0. The lowest BCUT2D eigenvalue weighted by molar-refractivity contribution is 0.321. The third-order valence-electron chi connectivity index (χ3n) is 3.11. The van der Waals surface area contributed by atoms with Crippen LogP contribution < -0.4 is 0 Å². The van der Waals surface area contributed by atoms with E-state index in [1.54, 1.807) is 6.07 Å². The Kier molecular flexibility index (Phi) is 6.92. The minimum absolute atomic E-state index is 0.152. The van der Waals surface area contributed by atoms with Gasteiger partial charge >= 0.3 is 0 Å². The quantitative estimate of drug-likeness (QED) is 0.315. The van der Waals surface area contributed by atoms with Crippen molar-refractivity contribution in [2.24, 2.45) is 5.16 Å². The van der Waals surface area contributed by atoms with Crippen LogP contribution >= 0.6 is 0 Å². The molecule has 3 heteroatoms. The molecule has 0 aliphatic rings. The third-order valence-corrected chi connectivity index (χ3v) is 3.11. The van der Waals surface area contributed by atoms with E-state index in [0.717, 1.165) is 6.42 Å². The van der Waals surface area contributed by atoms with E-state index in [1.807, 2.05) is 12.1 Å². The molecular formula is C15H23NO2. The molecule has 0 aromatic heterocycles. The number of hydrogen-bond donors (Lipinski definition) is 2. The first-order chi connectivity index (χ1) is 8.77. The highest BCUT2D eigenvalue weighted by atomic mass is 16.4. The maximum Gasteiger partial charge on any atom is 0.124 e. The van der Waals surface area contributed by atoms with Gasteiger partial charge in [0.25, 0.3) is 0 Å². The maximum atomic E-state index is 9.53. The van der Waals surface area contributed by atoms with E-state index in [4.69, 9.17) is 5.21 Å². The summed E-state index contributed by atoms with van der Waals surface area (Å²) in [6, 6.07) is 5.46. The first-order valence-electron chi connectivity index (χ1n) is 6.77. The molecule has 1 aromatic carbocycles. The predicted octanol–water partition coefficient (Wildman–Crippen LogP) is 4.10. The topological polar surface area (TPSA) is 52.8 Å². The number of oxime groups is 1. The molecule has 0 saturated carbocycles. The van der Waals surface area contributed by atoms with Gasteiger partial charge in [0.05, 0.1) is 6.21 Å². The molecule has 0 unspecified atom stereocenters. The molecule has 0 spiro atoms. The summed E-state index contributed by atoms with van der Waals surface area (Å²) in [7, 11) is 0. The average Bonchev–Trinajstić information content (AvgIpc) is 2.37. The number of aryl methyl sites for hydroxylation is 1. The van der Waals surface area contributed by atoms with Crippen LogP contribution in [0, 0.1) is 0 Å². The minimum Gasteiger partial charge on any atom is -0.507 e. The van der Waals surface area contributed by atoms with Crippen molar-refractivity contribution in [2.75, 3.05) is 0 Å². The fourth-order valence-electron chi connectivity index (χ4n) is 2.03. The Morgan fingerprint density at radius 3 is 2.56 bits per heavy atom. The lowest BCUT2D eigenvalue weighted by Gasteiger charge is -2.04. The zero-order valence-electron chi connectivity index (χ0n) is 11.1. The minimum atomic E-state index is 0.152. The molecule has 0 atom stereocenters. The van der Waals surface area contributed by atoms with Crippen LogP contribution in [0.3, 0.4) is 0 Å². The van der Waals surface area contributed by atoms with Crippen LogP contribution in [-0.4, -0.2) is 16.5 Å². The second-order valence-corrected chi connectivity index (χ2v) is 4.66. The molecule has 0 amide bonds. The summed E-state index contributed by atoms with van der Waals surface area (Å²) in [5.74, 6) is 0.152. The highest BCUT2D eigenvalue weighted by molar-refractivity contribution is 5.83. The summed E-state index contributed by atoms with van der Waals surface area (Å²) in [4.78, 5) is 0. The van der Waals surface area contributed by atoms with E-state index in [2.05, 4.69) is 12.1 Å². The monoisotopic (exact) mass is 249 g/mol. The molecule has 0 fully saturated rings. The van der Waals surface area contributed by atoms with E-state index in [1.165, 1.54) is 50.3 Å². The van der Waals surface area contributed by atoms with Crippen molar-refractivity contribution in [3.05, 3.63) is 29.3 Å². The number of phenols is 1. The predicted molar refractivity (Wildman–Crippen MR) is 74.6 cm³/mol. The summed E-state index contributed by atoms with van der Waals surface area (Å²) >= 11 is 0. The molecule has 1 aromatic rings. The summed E-state index contributed by atoms with van der Waals surface area (Å²) in [6.07, 6.45) is 9.94. The summed E-state index contributed by atoms with van der Waals surface area (Å²) < 4.78 is 0. The molecule has 3 nitrogen and oxygen atoms in total. The number of benzene rings is 1. The van der Waals surface area contributed by atoms with E-state index in [-0.39, 0.29) is 5.75 Å². The van der Waals surface area contributed by atoms with E-state index < -0.39 is 0 Å². The summed E-state index contributed by atoms with van der Waals surface area (Å²) in [6.45, 7) is 2.22. The van der Waals surface area contributed by atoms with Crippen LogP contribution in [0.1, 0.15) is 56.6 Å². The Hall–Kier alpha value is -1.51. The number of aromatic hydroxyl groups is 1. The van der Waals surface area contributed by atoms with Gasteiger partial charge in [-0.2, -0.15) is 0 Å². The molecule has 100 valence electrons. The van der Waals surface area contributed by atoms with Crippen molar-refractivity contribution in [1.82, 2.24) is 0 Å². The fourth-order valence-corrected chi connectivity index (χ4v) is 2.03. The smallest absolute Gasteiger partial charge is 0.124 e. The number of rotatable bonds is 8. The van der Waals surface area contributed by atoms with Crippen LogP contribution in [0.2, 0.25) is 0 Å². The number of phenolic OH excluding ortho intramolecular Hbond substituents is 1. The van der Waals surface area contributed by atoms with Gasteiger partial charge in [0.1, 0.15) is 5.75 Å². The van der Waals surface area contributed by atoms with Crippen LogP contribution in [0.5, 0.6) is 5.75 Å². The molecule has 2 N–H and O–H groups in total. The SMILES string of the molecule is CCCCCCCCc1ccc(O)c(/C=N\O)c1. The number of nitrogens with zero attached hydrogens (tertiary/aromatic N) is 1. The lowest BCUT2D eigenvalue weighted by Crippen LogP contribution is -1.90. The van der Waals surface area contributed by atoms with Crippen molar-refractivity contribution in [3.8, 4) is 5.75 Å². The number of unbranched alkanes of at least 4 members (excludes halogenated alkanes) is 5. The van der Waals surface area contributed by atoms with Crippen molar-refractivity contribution in [2.45, 2.75) is 51.9 Å². The van der Waals surface area contributed by atoms with Gasteiger partial charge in [-0.1, -0.05) is 50.2 Å². The standard InChI is InChI=1S/C15H23NO2/c1-2-3-4-5-6-7-8-13-9-10-15(17)14(11-13)12-16-18/h9-12,17-18H,2-8H2,1H3/b16-12-. The van der Waals surface area contributed by atoms with Gasteiger partial charge in [0, 0.05) is 5.56 Å². The second kappa shape index (κ2) is 8.56. The first kappa shape index (κ1) is 14.6. The summed E-state index contributed by atoms with van der Waals surface area (Å²) in [5, 5.41) is 21.0. The summed E-state index contributed by atoms with van der Waals surface area (Å²) in [5.41, 5.74) is 1.75. The highest BCUT2D eigenvalue weighted by Gasteiger charge is 2.01. The molecule has 1 rings (SSSR count). The van der Waals surface area contributed by atoms with Crippen molar-refractivity contribution < 1.29 is 10.3 Å². The maximum absolute atomic E-state index is 9.53. The second-order valence-electron chi connectivity index (χ2n) is 4.66. The Morgan fingerprint density at radius 2 is 1.83 bits per heavy atom. The van der Waals surface area contributed by atoms with Crippen molar-refractivity contribution >= 4 is 6.21 Å². The Morgan fingerprint density at radius 1 is 1.11 bits per heavy atom. The van der Waals surface area contributed by atoms with Gasteiger partial charge < -0.3 is 10.3 Å². The average molecular weight is 249 g/mol. The molecule has 0 heterocycles. The van der Waals surface area contributed by atoms with Gasteiger partial charge in [-0.05, 0) is 30.5 Å². The normalized spacial score (nSPS) is 11.2. The molecule has 0 radical (unpaired) electrons. The van der Waals surface area contributed by atoms with Gasteiger partial charge in [-0.15, -0.1) is 0 Å². The van der Waals surface area contributed by atoms with Gasteiger partial charge in [-0.25, -0.2) is 0 Å². The molecule has 0 bridgehead atoms. The van der Waals surface area contributed by atoms with Crippen LogP contribution in [-0.2, 0) is 6.42 Å². The number of hydrogen-bond acceptors (Lipinski definition) is 3. The van der Waals surface area contributed by atoms with Crippen molar-refractivity contribution in [3.63, 3.8) is 0 Å². The zero-order chi connectivity index (χ0) is 13.2. The van der Waals surface area contributed by atoms with Gasteiger partial charge in [0.2, 0.25) is 0 Å². The van der Waals surface area contributed by atoms with Crippen molar-refractivity contribution in [1.29, 1.82) is 0 Å². The van der Waals surface area contributed by atoms with Gasteiger partial charge in [-0.3, -0.25) is 0 Å². The van der Waals surface area contributed by atoms with Crippen LogP contribution in [0.25, 0.3) is 0 Å². The largest absolute Gasteiger partial charge is 0.507 e. The van der Waals surface area contributed by atoms with E-state index in [0.29, 0.717) is 5.56 Å². The zero-order valence-corrected chi connectivity index (χ0v) is 11.1. The Labute approximate surface area is 109 Å². The van der Waals surface area contributed by atoms with E-state index >= 15 is 0 Å². The Balaban J connectivity index is 2.36. The molecule has 0 aliphatic carbocycles. The third kappa shape index (κ3) is 5.21. The fraction of sp³-hybridized carbons (Fsp3) is 0.533.